The second-order valence-corrected chi connectivity index (χ2v) is 5.93. The smallest absolute Gasteiger partial charge is 0.0953 e. The van der Waals surface area contributed by atoms with Crippen molar-refractivity contribution >= 4 is 11.3 Å². The van der Waals surface area contributed by atoms with Crippen molar-refractivity contribution in [2.45, 2.75) is 19.4 Å². The van der Waals surface area contributed by atoms with E-state index in [9.17, 15) is 0 Å². The summed E-state index contributed by atoms with van der Waals surface area (Å²) in [5.41, 5.74) is 3.95. The van der Waals surface area contributed by atoms with Gasteiger partial charge in [0, 0.05) is 42.2 Å². The van der Waals surface area contributed by atoms with Crippen LogP contribution in [0.5, 0.6) is 0 Å². The lowest BCUT2D eigenvalue weighted by Crippen LogP contribution is -1.98. The summed E-state index contributed by atoms with van der Waals surface area (Å²) in [6, 6.07) is 8.59. The Bertz CT molecular complexity index is 713. The summed E-state index contributed by atoms with van der Waals surface area (Å²) < 4.78 is 2.10. The summed E-state index contributed by atoms with van der Waals surface area (Å²) in [6.07, 6.45) is 7.70. The zero-order valence-corrected chi connectivity index (χ0v) is 11.2. The number of aryl methyl sites for hydroxylation is 2. The molecule has 4 heteroatoms. The van der Waals surface area contributed by atoms with Crippen molar-refractivity contribution in [3.05, 3.63) is 58.4 Å². The van der Waals surface area contributed by atoms with Crippen LogP contribution in [0.1, 0.15) is 15.4 Å². The third kappa shape index (κ3) is 1.88. The van der Waals surface area contributed by atoms with E-state index >= 15 is 0 Å². The summed E-state index contributed by atoms with van der Waals surface area (Å²) in [5.74, 6) is 0. The molecular formula is C15H13N3S. The molecule has 0 amide bonds. The van der Waals surface area contributed by atoms with Crippen LogP contribution in [0, 0.1) is 0 Å². The summed E-state index contributed by atoms with van der Waals surface area (Å²) in [5, 5.41) is 1.23. The van der Waals surface area contributed by atoms with E-state index in [0.29, 0.717) is 0 Å². The number of hydrogen-bond acceptors (Lipinski definition) is 3. The monoisotopic (exact) mass is 267 g/mol. The van der Waals surface area contributed by atoms with Gasteiger partial charge >= 0.3 is 0 Å². The highest BCUT2D eigenvalue weighted by Gasteiger charge is 2.22. The lowest BCUT2D eigenvalue weighted by molar-refractivity contribution is 0.693. The van der Waals surface area contributed by atoms with Gasteiger partial charge in [-0.3, -0.25) is 0 Å². The Morgan fingerprint density at radius 2 is 2.21 bits per heavy atom. The minimum Gasteiger partial charge on any atom is -0.337 e. The molecule has 0 spiro atoms. The Labute approximate surface area is 115 Å². The van der Waals surface area contributed by atoms with Crippen molar-refractivity contribution in [1.29, 1.82) is 0 Å². The Hall–Kier alpha value is -1.94. The van der Waals surface area contributed by atoms with Crippen molar-refractivity contribution in [3.8, 4) is 11.3 Å². The second-order valence-electron chi connectivity index (χ2n) is 4.76. The van der Waals surface area contributed by atoms with Gasteiger partial charge in [-0.2, -0.15) is 0 Å². The van der Waals surface area contributed by atoms with Gasteiger partial charge in [0.25, 0.3) is 0 Å². The van der Waals surface area contributed by atoms with Gasteiger partial charge in [0.2, 0.25) is 0 Å². The molecule has 0 unspecified atom stereocenters. The first-order valence-corrected chi connectivity index (χ1v) is 7.24. The van der Waals surface area contributed by atoms with Gasteiger partial charge in [0.05, 0.1) is 17.0 Å². The Kier molecular flexibility index (Phi) is 2.48. The van der Waals surface area contributed by atoms with Crippen molar-refractivity contribution < 1.29 is 0 Å². The molecule has 19 heavy (non-hydrogen) atoms. The van der Waals surface area contributed by atoms with Crippen LogP contribution >= 0.6 is 11.3 Å². The molecule has 0 saturated heterocycles. The fourth-order valence-electron chi connectivity index (χ4n) is 2.56. The summed E-state index contributed by atoms with van der Waals surface area (Å²) in [4.78, 5) is 10.3. The highest BCUT2D eigenvalue weighted by atomic mass is 32.1. The number of nitrogens with zero attached hydrogens (tertiary/aromatic N) is 3. The van der Waals surface area contributed by atoms with Crippen molar-refractivity contribution in [2.75, 3.05) is 0 Å². The van der Waals surface area contributed by atoms with Gasteiger partial charge in [-0.05, 0) is 5.56 Å². The van der Waals surface area contributed by atoms with E-state index in [0.717, 1.165) is 19.4 Å². The maximum atomic E-state index is 4.82. The lowest BCUT2D eigenvalue weighted by atomic mass is 10.1. The van der Waals surface area contributed by atoms with E-state index < -0.39 is 0 Å². The molecule has 0 N–H and O–H groups in total. The normalized spacial score (nSPS) is 12.4. The van der Waals surface area contributed by atoms with Crippen LogP contribution in [0.25, 0.3) is 11.3 Å². The molecule has 3 nitrogen and oxygen atoms in total. The number of benzene rings is 1. The first kappa shape index (κ1) is 10.9. The maximum Gasteiger partial charge on any atom is 0.0953 e. The van der Waals surface area contributed by atoms with Crippen molar-refractivity contribution in [2.24, 2.45) is 0 Å². The number of thiazole rings is 1. The third-order valence-electron chi connectivity index (χ3n) is 3.51. The highest BCUT2D eigenvalue weighted by Crippen LogP contribution is 2.39. The molecule has 0 saturated carbocycles. The van der Waals surface area contributed by atoms with Gasteiger partial charge in [0.15, 0.2) is 0 Å². The molecule has 4 rings (SSSR count). The van der Waals surface area contributed by atoms with Crippen LogP contribution in [0.3, 0.4) is 0 Å². The molecule has 0 fully saturated rings. The van der Waals surface area contributed by atoms with E-state index in [-0.39, 0.29) is 0 Å². The first-order valence-electron chi connectivity index (χ1n) is 6.43. The molecule has 0 bridgehead atoms. The van der Waals surface area contributed by atoms with Gasteiger partial charge < -0.3 is 4.57 Å². The largest absolute Gasteiger partial charge is 0.337 e. The average molecular weight is 267 g/mol. The number of fused-ring (bicyclic) bond motifs is 3. The van der Waals surface area contributed by atoms with Crippen molar-refractivity contribution in [1.82, 2.24) is 14.5 Å². The molecule has 0 aliphatic heterocycles. The molecule has 1 aliphatic carbocycles. The fourth-order valence-corrected chi connectivity index (χ4v) is 3.65. The van der Waals surface area contributed by atoms with Crippen LogP contribution in [-0.2, 0) is 19.4 Å². The average Bonchev–Trinajstić information content (AvgIpc) is 3.12. The zero-order valence-electron chi connectivity index (χ0n) is 10.4. The van der Waals surface area contributed by atoms with Crippen LogP contribution in [-0.4, -0.2) is 14.5 Å². The SMILES string of the molecule is c1ccc2c(c1)Cc1sc(CCn3ccnc3)nc1-2. The van der Waals surface area contributed by atoms with Crippen LogP contribution in [0.15, 0.2) is 43.0 Å². The third-order valence-corrected chi connectivity index (χ3v) is 4.62. The molecule has 0 atom stereocenters. The van der Waals surface area contributed by atoms with Gasteiger partial charge in [-0.15, -0.1) is 11.3 Å². The van der Waals surface area contributed by atoms with Gasteiger partial charge in [0.1, 0.15) is 0 Å². The Balaban J connectivity index is 1.59. The minimum atomic E-state index is 0.952. The van der Waals surface area contributed by atoms with E-state index in [1.807, 2.05) is 30.1 Å². The molecular weight excluding hydrogens is 254 g/mol. The number of aromatic nitrogens is 3. The maximum absolute atomic E-state index is 4.82. The van der Waals surface area contributed by atoms with E-state index in [2.05, 4.69) is 33.8 Å². The minimum absolute atomic E-state index is 0.952. The predicted octanol–water partition coefficient (Wildman–Crippen LogP) is 3.15. The van der Waals surface area contributed by atoms with E-state index in [1.54, 1.807) is 0 Å². The summed E-state index contributed by atoms with van der Waals surface area (Å²) in [7, 11) is 0. The molecule has 2 aromatic heterocycles. The topological polar surface area (TPSA) is 30.7 Å². The Morgan fingerprint density at radius 3 is 3.11 bits per heavy atom. The van der Waals surface area contributed by atoms with E-state index in [1.165, 1.54) is 26.7 Å². The van der Waals surface area contributed by atoms with E-state index in [4.69, 9.17) is 4.98 Å². The summed E-state index contributed by atoms with van der Waals surface area (Å²) in [6.45, 7) is 0.952. The number of rotatable bonds is 3. The molecule has 0 radical (unpaired) electrons. The lowest BCUT2D eigenvalue weighted by Gasteiger charge is -2.00. The number of hydrogen-bond donors (Lipinski definition) is 0. The van der Waals surface area contributed by atoms with Gasteiger partial charge in [-0.25, -0.2) is 9.97 Å². The van der Waals surface area contributed by atoms with Gasteiger partial charge in [-0.1, -0.05) is 24.3 Å². The van der Waals surface area contributed by atoms with Crippen LogP contribution in [0.2, 0.25) is 0 Å². The highest BCUT2D eigenvalue weighted by molar-refractivity contribution is 7.12. The standard InChI is InChI=1S/C15H13N3S/c1-2-4-12-11(3-1)9-13-15(12)17-14(19-13)5-7-18-8-6-16-10-18/h1-4,6,8,10H,5,7,9H2. The predicted molar refractivity (Wildman–Crippen MR) is 76.3 cm³/mol. The quantitative estimate of drug-likeness (QED) is 0.571. The molecule has 1 aromatic carbocycles. The van der Waals surface area contributed by atoms with Crippen LogP contribution in [0.4, 0.5) is 0 Å². The number of imidazole rings is 1. The second kappa shape index (κ2) is 4.31. The molecule has 3 aromatic rings. The molecule has 94 valence electrons. The van der Waals surface area contributed by atoms with Crippen molar-refractivity contribution in [3.63, 3.8) is 0 Å². The first-order chi connectivity index (χ1) is 9.40. The zero-order chi connectivity index (χ0) is 12.7. The Morgan fingerprint density at radius 1 is 1.26 bits per heavy atom. The summed E-state index contributed by atoms with van der Waals surface area (Å²) >= 11 is 1.86. The fraction of sp³-hybridized carbons (Fsp3) is 0.200. The molecule has 1 aliphatic rings. The van der Waals surface area contributed by atoms with Crippen LogP contribution < -0.4 is 0 Å². The molecule has 2 heterocycles.